The molecule has 0 radical (unpaired) electrons. The molecule has 0 aromatic heterocycles. The van der Waals surface area contributed by atoms with E-state index in [1.165, 1.54) is 6.08 Å². The molecule has 0 saturated carbocycles. The van der Waals surface area contributed by atoms with Gasteiger partial charge in [0.25, 0.3) is 0 Å². The van der Waals surface area contributed by atoms with Gasteiger partial charge in [-0.05, 0) is 12.0 Å². The average Bonchev–Trinajstić information content (AvgIpc) is 2.36. The molecule has 17 heavy (non-hydrogen) atoms. The zero-order chi connectivity index (χ0) is 12.5. The third-order valence-corrected chi connectivity index (χ3v) is 2.25. The lowest BCUT2D eigenvalue weighted by Gasteiger charge is -2.16. The Labute approximate surface area is 100 Å². The summed E-state index contributed by atoms with van der Waals surface area (Å²) in [7, 11) is 0. The fraction of sp³-hybridized carbons (Fsp3) is 0.308. The second-order valence-corrected chi connectivity index (χ2v) is 3.57. The molecule has 0 aliphatic carbocycles. The third-order valence-electron chi connectivity index (χ3n) is 2.25. The molecule has 0 amide bonds. The number of halogens is 1. The highest BCUT2D eigenvalue weighted by Gasteiger charge is 2.18. The fourth-order valence-corrected chi connectivity index (χ4v) is 1.37. The van der Waals surface area contributed by atoms with Crippen LogP contribution in [-0.4, -0.2) is 23.7 Å². The largest absolute Gasteiger partial charge is 0.411 e. The van der Waals surface area contributed by atoms with Crippen molar-refractivity contribution >= 4 is 6.21 Å². The van der Waals surface area contributed by atoms with Gasteiger partial charge in [0.15, 0.2) is 0 Å². The standard InChI is InChI=1S/C13H16FNO2/c1-2-6-12(14)13(9-15-16)17-10-11-7-4-3-5-8-11/h2-5,7-9,12-13,16H,1,6,10H2/b15-9+/t12-,13+/m0/s1. The minimum absolute atomic E-state index is 0.158. The lowest BCUT2D eigenvalue weighted by molar-refractivity contribution is 0.0326. The van der Waals surface area contributed by atoms with E-state index in [0.717, 1.165) is 11.8 Å². The van der Waals surface area contributed by atoms with Crippen molar-refractivity contribution < 1.29 is 14.3 Å². The van der Waals surface area contributed by atoms with Gasteiger partial charge in [-0.3, -0.25) is 0 Å². The Balaban J connectivity index is 2.52. The van der Waals surface area contributed by atoms with E-state index in [1.807, 2.05) is 30.3 Å². The van der Waals surface area contributed by atoms with Crippen LogP contribution in [0.25, 0.3) is 0 Å². The molecule has 3 nitrogen and oxygen atoms in total. The van der Waals surface area contributed by atoms with Crippen LogP contribution in [0.1, 0.15) is 12.0 Å². The van der Waals surface area contributed by atoms with Gasteiger partial charge in [-0.2, -0.15) is 0 Å². The molecule has 1 aromatic carbocycles. The quantitative estimate of drug-likeness (QED) is 0.343. The van der Waals surface area contributed by atoms with E-state index in [1.54, 1.807) is 0 Å². The molecule has 1 rings (SSSR count). The monoisotopic (exact) mass is 237 g/mol. The molecule has 92 valence electrons. The number of allylic oxidation sites excluding steroid dienone is 1. The number of nitrogens with zero attached hydrogens (tertiary/aromatic N) is 1. The third kappa shape index (κ3) is 4.78. The number of hydrogen-bond acceptors (Lipinski definition) is 3. The molecule has 0 aliphatic rings. The summed E-state index contributed by atoms with van der Waals surface area (Å²) in [4.78, 5) is 0. The van der Waals surface area contributed by atoms with Crippen molar-refractivity contribution in [2.75, 3.05) is 0 Å². The van der Waals surface area contributed by atoms with Crippen LogP contribution in [0, 0.1) is 0 Å². The molecular formula is C13H16FNO2. The normalized spacial score (nSPS) is 14.6. The Morgan fingerprint density at radius 1 is 1.41 bits per heavy atom. The smallest absolute Gasteiger partial charge is 0.135 e. The average molecular weight is 237 g/mol. The zero-order valence-corrected chi connectivity index (χ0v) is 9.50. The summed E-state index contributed by atoms with van der Waals surface area (Å²) in [5.41, 5.74) is 0.939. The van der Waals surface area contributed by atoms with E-state index in [-0.39, 0.29) is 13.0 Å². The van der Waals surface area contributed by atoms with Crippen molar-refractivity contribution in [3.8, 4) is 0 Å². The maximum Gasteiger partial charge on any atom is 0.135 e. The Hall–Kier alpha value is -1.68. The highest BCUT2D eigenvalue weighted by Crippen LogP contribution is 2.10. The highest BCUT2D eigenvalue weighted by molar-refractivity contribution is 5.63. The van der Waals surface area contributed by atoms with Crippen molar-refractivity contribution in [2.45, 2.75) is 25.3 Å². The first kappa shape index (κ1) is 13.4. The molecule has 4 heteroatoms. The summed E-state index contributed by atoms with van der Waals surface area (Å²) >= 11 is 0. The van der Waals surface area contributed by atoms with Crippen molar-refractivity contribution in [1.82, 2.24) is 0 Å². The molecule has 0 unspecified atom stereocenters. The summed E-state index contributed by atoms with van der Waals surface area (Å²) in [6.07, 6.45) is 0.558. The van der Waals surface area contributed by atoms with Crippen LogP contribution >= 0.6 is 0 Å². The second-order valence-electron chi connectivity index (χ2n) is 3.57. The minimum Gasteiger partial charge on any atom is -0.411 e. The van der Waals surface area contributed by atoms with Gasteiger partial charge < -0.3 is 9.94 Å². The molecule has 0 fully saturated rings. The number of ether oxygens (including phenoxy) is 1. The maximum absolute atomic E-state index is 13.6. The van der Waals surface area contributed by atoms with Crippen molar-refractivity contribution in [2.24, 2.45) is 5.16 Å². The molecule has 0 heterocycles. The minimum atomic E-state index is -1.26. The van der Waals surface area contributed by atoms with Crippen LogP contribution in [0.3, 0.4) is 0 Å². The van der Waals surface area contributed by atoms with Crippen LogP contribution in [-0.2, 0) is 11.3 Å². The molecule has 0 aliphatic heterocycles. The summed E-state index contributed by atoms with van der Waals surface area (Å²) in [6, 6.07) is 9.42. The Kier molecular flexibility index (Phi) is 5.96. The number of hydrogen-bond donors (Lipinski definition) is 1. The summed E-state index contributed by atoms with van der Waals surface area (Å²) in [5.74, 6) is 0. The number of oxime groups is 1. The number of alkyl halides is 1. The first-order chi connectivity index (χ1) is 8.27. The van der Waals surface area contributed by atoms with Crippen LogP contribution < -0.4 is 0 Å². The molecule has 0 bridgehead atoms. The topological polar surface area (TPSA) is 41.8 Å². The molecule has 0 spiro atoms. The summed E-state index contributed by atoms with van der Waals surface area (Å²) in [6.45, 7) is 3.73. The van der Waals surface area contributed by atoms with Gasteiger partial charge in [0.2, 0.25) is 0 Å². The summed E-state index contributed by atoms with van der Waals surface area (Å²) in [5, 5.41) is 11.3. The van der Waals surface area contributed by atoms with E-state index in [0.29, 0.717) is 0 Å². The van der Waals surface area contributed by atoms with E-state index in [9.17, 15) is 4.39 Å². The number of rotatable bonds is 7. The molecule has 1 N–H and O–H groups in total. The lowest BCUT2D eigenvalue weighted by Crippen LogP contribution is -2.26. The lowest BCUT2D eigenvalue weighted by atomic mass is 10.1. The second kappa shape index (κ2) is 7.57. The molecular weight excluding hydrogens is 221 g/mol. The van der Waals surface area contributed by atoms with E-state index in [2.05, 4.69) is 11.7 Å². The van der Waals surface area contributed by atoms with Gasteiger partial charge in [-0.15, -0.1) is 6.58 Å². The van der Waals surface area contributed by atoms with Gasteiger partial charge in [-0.1, -0.05) is 41.6 Å². The predicted octanol–water partition coefficient (Wildman–Crippen LogP) is 2.95. The first-order valence-electron chi connectivity index (χ1n) is 5.36. The van der Waals surface area contributed by atoms with Crippen molar-refractivity contribution in [3.63, 3.8) is 0 Å². The van der Waals surface area contributed by atoms with Gasteiger partial charge in [0, 0.05) is 0 Å². The van der Waals surface area contributed by atoms with E-state index in [4.69, 9.17) is 9.94 Å². The summed E-state index contributed by atoms with van der Waals surface area (Å²) < 4.78 is 18.9. The Bertz CT molecular complexity index is 354. The van der Waals surface area contributed by atoms with Crippen LogP contribution in [0.4, 0.5) is 4.39 Å². The molecule has 1 aromatic rings. The van der Waals surface area contributed by atoms with Crippen molar-refractivity contribution in [1.29, 1.82) is 0 Å². The zero-order valence-electron chi connectivity index (χ0n) is 9.50. The van der Waals surface area contributed by atoms with Crippen molar-refractivity contribution in [3.05, 3.63) is 48.6 Å². The van der Waals surface area contributed by atoms with Gasteiger partial charge in [-0.25, -0.2) is 4.39 Å². The van der Waals surface area contributed by atoms with Crippen LogP contribution in [0.2, 0.25) is 0 Å². The maximum atomic E-state index is 13.6. The predicted molar refractivity (Wildman–Crippen MR) is 65.0 cm³/mol. The highest BCUT2D eigenvalue weighted by atomic mass is 19.1. The molecule has 0 saturated heterocycles. The Morgan fingerprint density at radius 2 is 2.12 bits per heavy atom. The van der Waals surface area contributed by atoms with E-state index < -0.39 is 12.3 Å². The van der Waals surface area contributed by atoms with Crippen LogP contribution in [0.15, 0.2) is 48.1 Å². The van der Waals surface area contributed by atoms with E-state index >= 15 is 0 Å². The molecule has 2 atom stereocenters. The van der Waals surface area contributed by atoms with Gasteiger partial charge in [0.1, 0.15) is 12.3 Å². The Morgan fingerprint density at radius 3 is 2.71 bits per heavy atom. The van der Waals surface area contributed by atoms with Gasteiger partial charge in [0.05, 0.1) is 12.8 Å². The first-order valence-corrected chi connectivity index (χ1v) is 5.36. The van der Waals surface area contributed by atoms with Gasteiger partial charge >= 0.3 is 0 Å². The number of benzene rings is 1. The van der Waals surface area contributed by atoms with Crippen LogP contribution in [0.5, 0.6) is 0 Å². The SMILES string of the molecule is C=CC[C@H](F)[C@@H](/C=N/O)OCc1ccccc1. The fourth-order valence-electron chi connectivity index (χ4n) is 1.37.